The van der Waals surface area contributed by atoms with Crippen molar-refractivity contribution in [3.05, 3.63) is 67.8 Å². The molecule has 13 nitrogen and oxygen atoms in total. The monoisotopic (exact) mass is 499 g/mol. The van der Waals surface area contributed by atoms with Crippen molar-refractivity contribution in [2.24, 2.45) is 0 Å². The third-order valence-electron chi connectivity index (χ3n) is 4.04. The van der Waals surface area contributed by atoms with Crippen molar-refractivity contribution in [3.8, 4) is 22.7 Å². The number of ether oxygens (including phenoxy) is 2. The molecule has 0 saturated carbocycles. The van der Waals surface area contributed by atoms with Gasteiger partial charge in [0.1, 0.15) is 0 Å². The molecule has 2 rings (SSSR count). The number of benzene rings is 2. The third-order valence-corrected chi connectivity index (χ3v) is 7.05. The van der Waals surface area contributed by atoms with E-state index in [1.807, 2.05) is 0 Å². The van der Waals surface area contributed by atoms with Gasteiger partial charge in [-0.3, -0.25) is 20.2 Å². The fourth-order valence-corrected chi connectivity index (χ4v) is 5.15. The highest BCUT2D eigenvalue weighted by atomic mass is 32.3. The van der Waals surface area contributed by atoms with Crippen LogP contribution in [0.3, 0.4) is 0 Å². The summed E-state index contributed by atoms with van der Waals surface area (Å²) in [5.74, 6) is 1.37. The highest BCUT2D eigenvalue weighted by Gasteiger charge is 2.21. The standard InChI is InChI=1S/C18H17N3O10S2/c1-30-17-5-3-13(11-15(17)20(22)23)7-9-32(26,27)19-33(28,29)10-8-14-4-6-18(31-2)16(12-14)21(24)25/h3-6,11-12,19H,7,9H2,1-2H3. The molecule has 33 heavy (non-hydrogen) atoms. The van der Waals surface area contributed by atoms with Crippen molar-refractivity contribution in [2.45, 2.75) is 6.42 Å². The minimum atomic E-state index is -4.65. The lowest BCUT2D eigenvalue weighted by Crippen LogP contribution is -2.32. The third kappa shape index (κ3) is 7.14. The van der Waals surface area contributed by atoms with Gasteiger partial charge in [0.05, 0.1) is 29.8 Å². The largest absolute Gasteiger partial charge is 0.490 e. The molecule has 0 atom stereocenters. The van der Waals surface area contributed by atoms with Crippen LogP contribution >= 0.6 is 0 Å². The second-order valence-corrected chi connectivity index (χ2v) is 9.81. The van der Waals surface area contributed by atoms with Crippen molar-refractivity contribution < 1.29 is 36.2 Å². The fraction of sp³-hybridized carbons (Fsp3) is 0.222. The molecule has 0 heterocycles. The molecule has 15 heteroatoms. The highest BCUT2D eigenvalue weighted by molar-refractivity contribution is 8.07. The molecule has 2 aromatic carbocycles. The number of rotatable bonds is 9. The van der Waals surface area contributed by atoms with Gasteiger partial charge >= 0.3 is 11.4 Å². The van der Waals surface area contributed by atoms with Crippen LogP contribution in [-0.4, -0.2) is 46.7 Å². The normalized spacial score (nSPS) is 11.2. The first-order valence-electron chi connectivity index (χ1n) is 8.80. The van der Waals surface area contributed by atoms with E-state index < -0.39 is 41.3 Å². The summed E-state index contributed by atoms with van der Waals surface area (Å²) >= 11 is 0. The average Bonchev–Trinajstić information content (AvgIpc) is 2.75. The van der Waals surface area contributed by atoms with Crippen LogP contribution < -0.4 is 13.6 Å². The Labute approximate surface area is 188 Å². The zero-order valence-electron chi connectivity index (χ0n) is 17.2. The lowest BCUT2D eigenvalue weighted by atomic mass is 10.1. The first-order valence-corrected chi connectivity index (χ1v) is 11.9. The van der Waals surface area contributed by atoms with Gasteiger partial charge < -0.3 is 9.47 Å². The van der Waals surface area contributed by atoms with Crippen LogP contribution in [0.5, 0.6) is 11.5 Å². The van der Waals surface area contributed by atoms with Crippen molar-refractivity contribution in [3.63, 3.8) is 0 Å². The van der Waals surface area contributed by atoms with E-state index in [-0.39, 0.29) is 34.7 Å². The van der Waals surface area contributed by atoms with E-state index in [2.05, 4.69) is 5.92 Å². The summed E-state index contributed by atoms with van der Waals surface area (Å²) in [6.07, 6.45) is -0.228. The Morgan fingerprint density at radius 1 is 0.909 bits per heavy atom. The van der Waals surface area contributed by atoms with Gasteiger partial charge in [-0.25, -0.2) is 8.42 Å². The number of methoxy groups -OCH3 is 2. The number of hydrogen-bond donors (Lipinski definition) is 1. The van der Waals surface area contributed by atoms with Gasteiger partial charge in [0.25, 0.3) is 10.0 Å². The molecule has 0 bridgehead atoms. The number of nitro benzene ring substituents is 2. The van der Waals surface area contributed by atoms with Gasteiger partial charge in [0, 0.05) is 22.9 Å². The SMILES string of the molecule is COc1ccc(C#CS(=O)(=O)NS(=O)(=O)CCc2ccc(OC)c([N+](=O)[O-])c2)cc1[N+](=O)[O-]. The van der Waals surface area contributed by atoms with Crippen LogP contribution in [-0.2, 0) is 26.5 Å². The first kappa shape index (κ1) is 25.5. The Balaban J connectivity index is 2.16. The molecule has 0 fully saturated rings. The highest BCUT2D eigenvalue weighted by Crippen LogP contribution is 2.28. The number of hydrogen-bond acceptors (Lipinski definition) is 10. The number of nitrogens with zero attached hydrogens (tertiary/aromatic N) is 2. The van der Waals surface area contributed by atoms with Gasteiger partial charge in [-0.2, -0.15) is 8.42 Å². The van der Waals surface area contributed by atoms with E-state index in [1.165, 1.54) is 42.6 Å². The van der Waals surface area contributed by atoms with E-state index in [0.717, 1.165) is 12.1 Å². The Kier molecular flexibility index (Phi) is 7.93. The summed E-state index contributed by atoms with van der Waals surface area (Å²) in [7, 11) is -6.58. The van der Waals surface area contributed by atoms with Gasteiger partial charge in [-0.1, -0.05) is 10.2 Å². The Morgan fingerprint density at radius 3 is 2.00 bits per heavy atom. The Morgan fingerprint density at radius 2 is 1.45 bits per heavy atom. The zero-order chi connectivity index (χ0) is 24.8. The second kappa shape index (κ2) is 10.3. The van der Waals surface area contributed by atoms with Crippen LogP contribution in [0.15, 0.2) is 36.4 Å². The van der Waals surface area contributed by atoms with Crippen molar-refractivity contribution >= 4 is 31.4 Å². The van der Waals surface area contributed by atoms with Crippen LogP contribution in [0.25, 0.3) is 0 Å². The minimum absolute atomic E-state index is 0.0126. The quantitative estimate of drug-likeness (QED) is 0.300. The van der Waals surface area contributed by atoms with Gasteiger partial charge in [-0.05, 0) is 36.1 Å². The summed E-state index contributed by atoms with van der Waals surface area (Å²) in [6, 6.07) is 7.29. The molecular weight excluding hydrogens is 482 g/mol. The summed E-state index contributed by atoms with van der Waals surface area (Å²) in [4.78, 5) is 20.6. The van der Waals surface area contributed by atoms with Gasteiger partial charge in [0.2, 0.25) is 10.0 Å². The Hall–Kier alpha value is -3.74. The molecule has 0 saturated heterocycles. The maximum atomic E-state index is 12.2. The lowest BCUT2D eigenvalue weighted by molar-refractivity contribution is -0.385. The van der Waals surface area contributed by atoms with E-state index in [9.17, 15) is 37.1 Å². The number of aryl methyl sites for hydroxylation is 1. The minimum Gasteiger partial charge on any atom is -0.490 e. The van der Waals surface area contributed by atoms with E-state index >= 15 is 0 Å². The predicted octanol–water partition coefficient (Wildman–Crippen LogP) is 1.32. The van der Waals surface area contributed by atoms with Crippen LogP contribution in [0.4, 0.5) is 11.4 Å². The van der Waals surface area contributed by atoms with Gasteiger partial charge in [-0.15, -0.1) is 0 Å². The predicted molar refractivity (Wildman–Crippen MR) is 116 cm³/mol. The molecule has 0 amide bonds. The van der Waals surface area contributed by atoms with Crippen LogP contribution in [0.1, 0.15) is 11.1 Å². The number of nitrogens with one attached hydrogen (secondary N) is 1. The van der Waals surface area contributed by atoms with Gasteiger partial charge in [0.15, 0.2) is 11.5 Å². The molecule has 2 aromatic rings. The summed E-state index contributed by atoms with van der Waals surface area (Å²) in [5, 5.41) is 23.8. The summed E-state index contributed by atoms with van der Waals surface area (Å²) in [5.41, 5.74) is -0.610. The molecule has 0 radical (unpaired) electrons. The maximum absolute atomic E-state index is 12.2. The first-order chi connectivity index (χ1) is 15.4. The van der Waals surface area contributed by atoms with E-state index in [4.69, 9.17) is 9.47 Å². The molecular formula is C18H17N3O10S2. The zero-order valence-corrected chi connectivity index (χ0v) is 18.8. The maximum Gasteiger partial charge on any atom is 0.312 e. The molecule has 0 spiro atoms. The second-order valence-electron chi connectivity index (χ2n) is 6.29. The number of sulfonamides is 2. The van der Waals surface area contributed by atoms with Crippen molar-refractivity contribution in [2.75, 3.05) is 20.0 Å². The smallest absolute Gasteiger partial charge is 0.312 e. The number of nitro groups is 2. The van der Waals surface area contributed by atoms with Crippen LogP contribution in [0.2, 0.25) is 0 Å². The van der Waals surface area contributed by atoms with E-state index in [1.54, 1.807) is 5.25 Å². The van der Waals surface area contributed by atoms with Crippen molar-refractivity contribution in [1.82, 2.24) is 4.13 Å². The summed E-state index contributed by atoms with van der Waals surface area (Å²) in [6.45, 7) is 0. The fourth-order valence-electron chi connectivity index (χ4n) is 2.55. The molecule has 0 aliphatic rings. The molecule has 176 valence electrons. The average molecular weight is 499 g/mol. The molecule has 0 aromatic heterocycles. The lowest BCUT2D eigenvalue weighted by Gasteiger charge is -2.06. The molecule has 0 unspecified atom stereocenters. The topological polar surface area (TPSA) is 185 Å². The molecule has 0 aliphatic carbocycles. The van der Waals surface area contributed by atoms with E-state index in [0.29, 0.717) is 0 Å². The van der Waals surface area contributed by atoms with Crippen LogP contribution in [0, 0.1) is 31.4 Å². The van der Waals surface area contributed by atoms with Crippen molar-refractivity contribution in [1.29, 1.82) is 0 Å². The molecule has 0 aliphatic heterocycles. The Bertz CT molecular complexity index is 1360. The summed E-state index contributed by atoms with van der Waals surface area (Å²) < 4.78 is 59.6. The molecule has 1 N–H and O–H groups in total.